The maximum Gasteiger partial charge on any atom is 0.573 e. The van der Waals surface area contributed by atoms with Crippen LogP contribution in [0.1, 0.15) is 10.4 Å². The van der Waals surface area contributed by atoms with Crippen molar-refractivity contribution in [2.45, 2.75) is 25.3 Å². The van der Waals surface area contributed by atoms with Gasteiger partial charge in [-0.3, -0.25) is 9.59 Å². The Labute approximate surface area is 234 Å². The van der Waals surface area contributed by atoms with Gasteiger partial charge in [0.05, 0.1) is 22.6 Å². The summed E-state index contributed by atoms with van der Waals surface area (Å²) < 4.78 is 123. The number of hydrogen-bond acceptors (Lipinski definition) is 6. The largest absolute Gasteiger partial charge is 0.573 e. The average molecular weight is 617 g/mol. The number of para-hydroxylation sites is 1. The molecule has 43 heavy (non-hydrogen) atoms. The fourth-order valence-electron chi connectivity index (χ4n) is 3.98. The number of Topliss-reactive ketones (excluding diaryl/α,β-unsaturated/α-hetero) is 1. The zero-order valence-electron chi connectivity index (χ0n) is 21.2. The van der Waals surface area contributed by atoms with Gasteiger partial charge in [-0.05, 0) is 30.3 Å². The van der Waals surface area contributed by atoms with Gasteiger partial charge in [-0.15, -0.1) is 13.2 Å². The molecule has 0 aliphatic carbocycles. The van der Waals surface area contributed by atoms with Crippen LogP contribution in [0.5, 0.6) is 5.75 Å². The van der Waals surface area contributed by atoms with Crippen LogP contribution in [0, 0.1) is 0 Å². The van der Waals surface area contributed by atoms with Gasteiger partial charge in [0.2, 0.25) is 11.9 Å². The van der Waals surface area contributed by atoms with Gasteiger partial charge in [0, 0.05) is 28.9 Å². The summed E-state index contributed by atoms with van der Waals surface area (Å²) in [5, 5.41) is 4.60. The first kappa shape index (κ1) is 30.9. The van der Waals surface area contributed by atoms with E-state index >= 15 is 0 Å². The summed E-state index contributed by atoms with van der Waals surface area (Å²) in [6.07, 6.45) is -12.6. The van der Waals surface area contributed by atoms with Crippen molar-refractivity contribution in [3.63, 3.8) is 0 Å². The fourth-order valence-corrected chi connectivity index (χ4v) is 3.98. The van der Waals surface area contributed by atoms with Gasteiger partial charge in [0.15, 0.2) is 5.75 Å². The van der Waals surface area contributed by atoms with E-state index in [0.717, 1.165) is 10.8 Å². The SMILES string of the molecule is C=CC(=O)Nc1cc(Nc2nccc(-c3cn(CC(F)(F)F)c4ccccc34)n2)c(OC(F)(F)F)cc1C(=O)C(F)(F)F. The zero-order valence-corrected chi connectivity index (χ0v) is 21.2. The number of rotatable bonds is 8. The third kappa shape index (κ3) is 7.41. The molecule has 0 saturated heterocycles. The number of fused-ring (bicyclic) bond motifs is 1. The van der Waals surface area contributed by atoms with Crippen LogP contribution in [0.3, 0.4) is 0 Å². The minimum Gasteiger partial charge on any atom is -0.404 e. The summed E-state index contributed by atoms with van der Waals surface area (Å²) in [6, 6.07) is 8.03. The third-order valence-electron chi connectivity index (χ3n) is 5.61. The third-order valence-corrected chi connectivity index (χ3v) is 5.61. The van der Waals surface area contributed by atoms with Crippen molar-refractivity contribution in [3.05, 3.63) is 73.1 Å². The minimum absolute atomic E-state index is 0.0250. The molecule has 2 heterocycles. The van der Waals surface area contributed by atoms with Crippen molar-refractivity contribution >= 4 is 39.9 Å². The van der Waals surface area contributed by atoms with Crippen molar-refractivity contribution in [1.82, 2.24) is 14.5 Å². The summed E-state index contributed by atoms with van der Waals surface area (Å²) >= 11 is 0. The normalized spacial score (nSPS) is 12.2. The van der Waals surface area contributed by atoms with E-state index in [1.54, 1.807) is 6.07 Å². The van der Waals surface area contributed by atoms with Crippen molar-refractivity contribution in [2.24, 2.45) is 0 Å². The number of benzene rings is 2. The Morgan fingerprint density at radius 2 is 1.67 bits per heavy atom. The van der Waals surface area contributed by atoms with Crippen LogP contribution in [-0.2, 0) is 11.3 Å². The first-order chi connectivity index (χ1) is 19.9. The first-order valence-electron chi connectivity index (χ1n) is 11.7. The molecule has 1 amide bonds. The van der Waals surface area contributed by atoms with Gasteiger partial charge in [-0.2, -0.15) is 26.3 Å². The molecule has 2 N–H and O–H groups in total. The second-order valence-corrected chi connectivity index (χ2v) is 8.66. The molecular formula is C26H16F9N5O3. The summed E-state index contributed by atoms with van der Waals surface area (Å²) in [5.74, 6) is -5.46. The standard InChI is InChI=1S/C26H16F9N5O3/c1-2-21(41)37-17-10-18(20(43-26(33,34)35)9-14(17)22(42)25(30,31)32)39-23-36-8-7-16(38-23)15-11-40(12-24(27,28)29)19-6-4-3-5-13(15)19/h2-11H,1,12H2,(H,37,41)(H,36,38,39). The Balaban J connectivity index is 1.82. The van der Waals surface area contributed by atoms with E-state index in [-0.39, 0.29) is 22.8 Å². The highest BCUT2D eigenvalue weighted by molar-refractivity contribution is 6.10. The fraction of sp³-hybridized carbons (Fsp3) is 0.154. The first-order valence-corrected chi connectivity index (χ1v) is 11.7. The lowest BCUT2D eigenvalue weighted by molar-refractivity contribution is -0.274. The zero-order chi connectivity index (χ0) is 31.7. The molecule has 226 valence electrons. The molecule has 0 atom stereocenters. The molecule has 0 fully saturated rings. The summed E-state index contributed by atoms with van der Waals surface area (Å²) in [6.45, 7) is 1.80. The minimum atomic E-state index is -5.54. The van der Waals surface area contributed by atoms with E-state index in [1.165, 1.54) is 30.5 Å². The number of nitrogens with zero attached hydrogens (tertiary/aromatic N) is 3. The second kappa shape index (κ2) is 11.3. The Morgan fingerprint density at radius 3 is 2.30 bits per heavy atom. The van der Waals surface area contributed by atoms with Crippen molar-refractivity contribution in [3.8, 4) is 17.0 Å². The van der Waals surface area contributed by atoms with E-state index in [9.17, 15) is 49.1 Å². The summed E-state index contributed by atoms with van der Waals surface area (Å²) in [4.78, 5) is 31.8. The predicted molar refractivity (Wildman–Crippen MR) is 135 cm³/mol. The van der Waals surface area contributed by atoms with E-state index < -0.39 is 65.6 Å². The molecule has 0 bridgehead atoms. The number of ketones is 1. The molecular weight excluding hydrogens is 601 g/mol. The lowest BCUT2D eigenvalue weighted by Gasteiger charge is -2.19. The number of anilines is 3. The molecule has 2 aromatic carbocycles. The Bertz CT molecular complexity index is 1710. The number of aromatic nitrogens is 3. The van der Waals surface area contributed by atoms with Crippen molar-refractivity contribution in [2.75, 3.05) is 10.6 Å². The van der Waals surface area contributed by atoms with E-state index in [1.807, 2.05) is 5.32 Å². The Hall–Kier alpha value is -5.09. The molecule has 2 aromatic heterocycles. The van der Waals surface area contributed by atoms with Crippen LogP contribution in [0.4, 0.5) is 56.8 Å². The van der Waals surface area contributed by atoms with Crippen LogP contribution in [0.2, 0.25) is 0 Å². The molecule has 0 saturated carbocycles. The van der Waals surface area contributed by atoms with E-state index in [0.29, 0.717) is 17.5 Å². The van der Waals surface area contributed by atoms with Crippen molar-refractivity contribution < 1.29 is 53.8 Å². The number of hydrogen-bond donors (Lipinski definition) is 2. The van der Waals surface area contributed by atoms with Gasteiger partial charge in [0.25, 0.3) is 5.78 Å². The van der Waals surface area contributed by atoms with Gasteiger partial charge in [0.1, 0.15) is 6.54 Å². The van der Waals surface area contributed by atoms with Crippen LogP contribution < -0.4 is 15.4 Å². The van der Waals surface area contributed by atoms with E-state index in [2.05, 4.69) is 26.6 Å². The molecule has 17 heteroatoms. The van der Waals surface area contributed by atoms with Crippen LogP contribution in [0.25, 0.3) is 22.2 Å². The molecule has 0 unspecified atom stereocenters. The smallest absolute Gasteiger partial charge is 0.404 e. The lowest BCUT2D eigenvalue weighted by Crippen LogP contribution is -2.25. The Morgan fingerprint density at radius 1 is 0.977 bits per heavy atom. The topological polar surface area (TPSA) is 98.1 Å². The average Bonchev–Trinajstić information content (AvgIpc) is 3.25. The molecule has 0 spiro atoms. The maximum absolute atomic E-state index is 13.2. The quantitative estimate of drug-likeness (QED) is 0.124. The Kier molecular flexibility index (Phi) is 8.11. The van der Waals surface area contributed by atoms with Gasteiger partial charge in [-0.25, -0.2) is 9.97 Å². The lowest BCUT2D eigenvalue weighted by atomic mass is 10.1. The van der Waals surface area contributed by atoms with Gasteiger partial charge < -0.3 is 19.9 Å². The molecule has 0 radical (unpaired) electrons. The predicted octanol–water partition coefficient (Wildman–Crippen LogP) is 7.17. The molecule has 0 aliphatic heterocycles. The molecule has 0 aliphatic rings. The number of carbonyl (C=O) groups is 2. The van der Waals surface area contributed by atoms with Gasteiger partial charge in [-0.1, -0.05) is 24.8 Å². The number of ether oxygens (including phenoxy) is 1. The molecule has 4 rings (SSSR count). The van der Waals surface area contributed by atoms with Crippen LogP contribution >= 0.6 is 0 Å². The monoisotopic (exact) mass is 617 g/mol. The summed E-state index contributed by atoms with van der Waals surface area (Å²) in [5.41, 5.74) is -2.53. The highest BCUT2D eigenvalue weighted by Gasteiger charge is 2.42. The number of carbonyl (C=O) groups excluding carboxylic acids is 2. The number of amides is 1. The number of alkyl halides is 9. The molecule has 4 aromatic rings. The molecule has 8 nitrogen and oxygen atoms in total. The second-order valence-electron chi connectivity index (χ2n) is 8.66. The van der Waals surface area contributed by atoms with E-state index in [4.69, 9.17) is 0 Å². The highest BCUT2D eigenvalue weighted by atomic mass is 19.4. The van der Waals surface area contributed by atoms with Crippen LogP contribution in [-0.4, -0.2) is 44.9 Å². The highest BCUT2D eigenvalue weighted by Crippen LogP contribution is 2.39. The van der Waals surface area contributed by atoms with Gasteiger partial charge >= 0.3 is 18.7 Å². The van der Waals surface area contributed by atoms with Crippen LogP contribution in [0.15, 0.2) is 67.5 Å². The maximum atomic E-state index is 13.2. The number of nitrogens with one attached hydrogen (secondary N) is 2. The number of halogens is 9. The van der Waals surface area contributed by atoms with Crippen molar-refractivity contribution in [1.29, 1.82) is 0 Å². The summed E-state index contributed by atoms with van der Waals surface area (Å²) in [7, 11) is 0.